The van der Waals surface area contributed by atoms with Crippen molar-refractivity contribution in [2.24, 2.45) is 11.7 Å². The van der Waals surface area contributed by atoms with Crippen LogP contribution in [0.4, 0.5) is 0 Å². The van der Waals surface area contributed by atoms with Gasteiger partial charge in [0.05, 0.1) is 6.04 Å². The highest BCUT2D eigenvalue weighted by Crippen LogP contribution is 2.13. The lowest BCUT2D eigenvalue weighted by molar-refractivity contribution is -0.143. The highest BCUT2D eigenvalue weighted by atomic mass is 16.4. The first-order valence-electron chi connectivity index (χ1n) is 13.3. The predicted molar refractivity (Wildman–Crippen MR) is 150 cm³/mol. The second kappa shape index (κ2) is 16.0. The van der Waals surface area contributed by atoms with Crippen molar-refractivity contribution in [1.82, 2.24) is 16.0 Å². The van der Waals surface area contributed by atoms with Gasteiger partial charge in [0, 0.05) is 12.8 Å². The van der Waals surface area contributed by atoms with Crippen molar-refractivity contribution in [1.29, 1.82) is 0 Å². The molecule has 5 unspecified atom stereocenters. The van der Waals surface area contributed by atoms with Gasteiger partial charge in [0.25, 0.3) is 0 Å². The molecule has 41 heavy (non-hydrogen) atoms. The molecule has 0 radical (unpaired) electrons. The van der Waals surface area contributed by atoms with Crippen LogP contribution in [0.25, 0.3) is 0 Å². The number of carbonyl (C=O) groups excluding carboxylic acids is 3. The first kappa shape index (κ1) is 32.8. The number of amides is 3. The lowest BCUT2D eigenvalue weighted by Crippen LogP contribution is -2.59. The van der Waals surface area contributed by atoms with Crippen LogP contribution < -0.4 is 21.7 Å². The number of carbonyl (C=O) groups is 5. The molecular formula is C29H38N4O8. The fourth-order valence-electron chi connectivity index (χ4n) is 4.06. The average Bonchev–Trinajstić information content (AvgIpc) is 2.94. The summed E-state index contributed by atoms with van der Waals surface area (Å²) in [6, 6.07) is 10.1. The molecule has 12 heteroatoms. The lowest BCUT2D eigenvalue weighted by Gasteiger charge is -2.28. The van der Waals surface area contributed by atoms with Gasteiger partial charge in [-0.15, -0.1) is 0 Å². The summed E-state index contributed by atoms with van der Waals surface area (Å²) in [7, 11) is 0. The smallest absolute Gasteiger partial charge is 0.326 e. The molecule has 0 saturated heterocycles. The Balaban J connectivity index is 2.16. The quantitative estimate of drug-likeness (QED) is 0.153. The van der Waals surface area contributed by atoms with Gasteiger partial charge < -0.3 is 37.0 Å². The zero-order valence-electron chi connectivity index (χ0n) is 23.1. The first-order valence-corrected chi connectivity index (χ1v) is 13.3. The third-order valence-corrected chi connectivity index (χ3v) is 6.70. The number of benzene rings is 2. The van der Waals surface area contributed by atoms with E-state index in [4.69, 9.17) is 5.73 Å². The Kier molecular flexibility index (Phi) is 12.8. The largest absolute Gasteiger partial charge is 0.508 e. The molecule has 5 atom stereocenters. The summed E-state index contributed by atoms with van der Waals surface area (Å²) in [5.74, 6) is -5.11. The van der Waals surface area contributed by atoms with Crippen molar-refractivity contribution in [3.8, 4) is 5.75 Å². The van der Waals surface area contributed by atoms with Crippen molar-refractivity contribution in [2.45, 2.75) is 70.1 Å². The third-order valence-electron chi connectivity index (χ3n) is 6.70. The highest BCUT2D eigenvalue weighted by Gasteiger charge is 2.32. The van der Waals surface area contributed by atoms with Crippen LogP contribution in [0.1, 0.15) is 44.2 Å². The minimum atomic E-state index is -1.39. The molecule has 2 aromatic rings. The fraction of sp³-hybridized carbons (Fsp3) is 0.414. The summed E-state index contributed by atoms with van der Waals surface area (Å²) in [5.41, 5.74) is 7.44. The summed E-state index contributed by atoms with van der Waals surface area (Å²) in [6.07, 6.45) is -0.176. The third kappa shape index (κ3) is 10.9. The van der Waals surface area contributed by atoms with Gasteiger partial charge in [-0.05, 0) is 42.0 Å². The standard InChI is InChI=1S/C29H38N4O8/c1-3-17(2)25(33-26(37)21(30)15-18-7-5-4-6-8-18)28(39)31-22(13-14-24(35)36)27(38)32-23(29(40)41)16-19-9-11-20(34)12-10-19/h4-12,17,21-23,25,34H,3,13-16,30H2,1-2H3,(H,31,39)(H,32,38)(H,33,37)(H,35,36)(H,40,41). The maximum absolute atomic E-state index is 13.3. The molecule has 0 fully saturated rings. The van der Waals surface area contributed by atoms with Crippen molar-refractivity contribution in [3.05, 3.63) is 65.7 Å². The van der Waals surface area contributed by atoms with Crippen LogP contribution in [0.3, 0.4) is 0 Å². The minimum Gasteiger partial charge on any atom is -0.508 e. The van der Waals surface area contributed by atoms with Crippen LogP contribution >= 0.6 is 0 Å². The van der Waals surface area contributed by atoms with E-state index in [9.17, 15) is 39.3 Å². The molecule has 2 rings (SSSR count). The number of nitrogens with one attached hydrogen (secondary N) is 3. The molecule has 0 aliphatic heterocycles. The van der Waals surface area contributed by atoms with Gasteiger partial charge in [-0.2, -0.15) is 0 Å². The zero-order valence-corrected chi connectivity index (χ0v) is 23.1. The molecule has 222 valence electrons. The Bertz CT molecular complexity index is 1190. The van der Waals surface area contributed by atoms with E-state index in [1.807, 2.05) is 37.3 Å². The van der Waals surface area contributed by atoms with E-state index in [1.165, 1.54) is 24.3 Å². The van der Waals surface area contributed by atoms with Gasteiger partial charge in [0.15, 0.2) is 0 Å². The topological polar surface area (TPSA) is 208 Å². The van der Waals surface area contributed by atoms with Gasteiger partial charge in [0.1, 0.15) is 23.9 Å². The van der Waals surface area contributed by atoms with E-state index in [0.717, 1.165) is 5.56 Å². The van der Waals surface area contributed by atoms with E-state index >= 15 is 0 Å². The van der Waals surface area contributed by atoms with Crippen LogP contribution in [0, 0.1) is 5.92 Å². The van der Waals surface area contributed by atoms with E-state index in [2.05, 4.69) is 16.0 Å². The normalized spacial score (nSPS) is 14.5. The minimum absolute atomic E-state index is 0.00918. The van der Waals surface area contributed by atoms with Crippen molar-refractivity contribution in [2.75, 3.05) is 0 Å². The molecule has 2 aromatic carbocycles. The number of nitrogens with two attached hydrogens (primary N) is 1. The molecule has 0 aliphatic rings. The lowest BCUT2D eigenvalue weighted by atomic mass is 9.96. The second-order valence-corrected chi connectivity index (χ2v) is 9.93. The van der Waals surface area contributed by atoms with Crippen LogP contribution in [0.2, 0.25) is 0 Å². The molecular weight excluding hydrogens is 532 g/mol. The fourth-order valence-corrected chi connectivity index (χ4v) is 4.06. The number of hydrogen-bond donors (Lipinski definition) is 7. The summed E-state index contributed by atoms with van der Waals surface area (Å²) >= 11 is 0. The first-order chi connectivity index (χ1) is 19.4. The molecule has 0 spiro atoms. The Hall–Kier alpha value is -4.45. The van der Waals surface area contributed by atoms with Crippen LogP contribution in [0.5, 0.6) is 5.75 Å². The van der Waals surface area contributed by atoms with Crippen LogP contribution in [0.15, 0.2) is 54.6 Å². The number of aromatic hydroxyl groups is 1. The van der Waals surface area contributed by atoms with Gasteiger partial charge in [0.2, 0.25) is 17.7 Å². The predicted octanol–water partition coefficient (Wildman–Crippen LogP) is 0.955. The van der Waals surface area contributed by atoms with Gasteiger partial charge >= 0.3 is 11.9 Å². The van der Waals surface area contributed by atoms with Crippen LogP contribution in [-0.4, -0.2) is 69.1 Å². The molecule has 3 amide bonds. The Morgan fingerprint density at radius 3 is 1.93 bits per heavy atom. The zero-order chi connectivity index (χ0) is 30.5. The SMILES string of the molecule is CCC(C)C(NC(=O)C(N)Cc1ccccc1)C(=O)NC(CCC(=O)O)C(=O)NC(Cc1ccc(O)cc1)C(=O)O. The molecule has 0 aliphatic carbocycles. The summed E-state index contributed by atoms with van der Waals surface area (Å²) in [6.45, 7) is 3.55. The van der Waals surface area contributed by atoms with E-state index in [1.54, 1.807) is 6.92 Å². The number of aliphatic carboxylic acids is 2. The van der Waals surface area contributed by atoms with Crippen molar-refractivity contribution in [3.63, 3.8) is 0 Å². The van der Waals surface area contributed by atoms with E-state index in [0.29, 0.717) is 12.0 Å². The maximum atomic E-state index is 13.3. The molecule has 0 heterocycles. The Morgan fingerprint density at radius 1 is 0.780 bits per heavy atom. The number of hydrogen-bond acceptors (Lipinski definition) is 7. The van der Waals surface area contributed by atoms with Gasteiger partial charge in [-0.25, -0.2) is 4.79 Å². The van der Waals surface area contributed by atoms with Gasteiger partial charge in [-0.1, -0.05) is 62.7 Å². The number of rotatable bonds is 16. The number of carboxylic acids is 2. The molecule has 0 bridgehead atoms. The monoisotopic (exact) mass is 570 g/mol. The van der Waals surface area contributed by atoms with E-state index < -0.39 is 60.2 Å². The maximum Gasteiger partial charge on any atom is 0.326 e. The number of phenolic OH excluding ortho intramolecular Hbond substituents is 1. The molecule has 8 N–H and O–H groups in total. The number of carboxylic acid groups (broad SMARTS) is 2. The highest BCUT2D eigenvalue weighted by molar-refractivity contribution is 5.94. The Labute approximate surface area is 238 Å². The summed E-state index contributed by atoms with van der Waals surface area (Å²) in [5, 5.41) is 35.8. The van der Waals surface area contributed by atoms with Crippen molar-refractivity contribution >= 4 is 29.7 Å². The van der Waals surface area contributed by atoms with Gasteiger partial charge in [-0.3, -0.25) is 19.2 Å². The molecule has 0 aromatic heterocycles. The second-order valence-electron chi connectivity index (χ2n) is 9.93. The number of phenols is 1. The summed E-state index contributed by atoms with van der Waals surface area (Å²) in [4.78, 5) is 62.4. The van der Waals surface area contributed by atoms with Crippen LogP contribution in [-0.2, 0) is 36.8 Å². The average molecular weight is 571 g/mol. The van der Waals surface area contributed by atoms with Crippen molar-refractivity contribution < 1.29 is 39.3 Å². The Morgan fingerprint density at radius 2 is 1.37 bits per heavy atom. The molecule has 12 nitrogen and oxygen atoms in total. The summed E-state index contributed by atoms with van der Waals surface area (Å²) < 4.78 is 0. The van der Waals surface area contributed by atoms with E-state index in [-0.39, 0.29) is 30.9 Å². The molecule has 0 saturated carbocycles.